The Kier molecular flexibility index (Phi) is 6.96. The first-order valence-corrected chi connectivity index (χ1v) is 8.92. The summed E-state index contributed by atoms with van der Waals surface area (Å²) in [7, 11) is 3.27. The number of benzene rings is 2. The fraction of sp³-hybridized carbons (Fsp3) is 0.333. The number of rotatable bonds is 6. The Labute approximate surface area is 160 Å². The third kappa shape index (κ3) is 5.08. The van der Waals surface area contributed by atoms with Crippen LogP contribution in [0.3, 0.4) is 0 Å². The van der Waals surface area contributed by atoms with Crippen LogP contribution in [-0.4, -0.2) is 48.1 Å². The van der Waals surface area contributed by atoms with Gasteiger partial charge in [0.25, 0.3) is 0 Å². The maximum Gasteiger partial charge on any atom is 0.322 e. The molecule has 0 saturated carbocycles. The van der Waals surface area contributed by atoms with E-state index in [4.69, 9.17) is 0 Å². The molecule has 2 rings (SSSR count). The van der Waals surface area contributed by atoms with E-state index < -0.39 is 18.2 Å². The van der Waals surface area contributed by atoms with Gasteiger partial charge in [-0.15, -0.1) is 0 Å². The lowest BCUT2D eigenvalue weighted by atomic mass is 10.0. The molecule has 0 heterocycles. The van der Waals surface area contributed by atoms with Crippen LogP contribution in [0.25, 0.3) is 0 Å². The number of carbonyl (C=O) groups is 2. The number of para-hydroxylation sites is 1. The Morgan fingerprint density at radius 1 is 0.926 bits per heavy atom. The van der Waals surface area contributed by atoms with Crippen LogP contribution in [0.2, 0.25) is 0 Å². The zero-order chi connectivity index (χ0) is 20.0. The molecule has 3 atom stereocenters. The molecule has 0 bridgehead atoms. The lowest BCUT2D eigenvalue weighted by Gasteiger charge is -2.32. The van der Waals surface area contributed by atoms with Gasteiger partial charge in [0.1, 0.15) is 6.04 Å². The number of likely N-dealkylation sites (N-methyl/N-ethyl adjacent to an activating group) is 1. The van der Waals surface area contributed by atoms with Crippen LogP contribution in [0, 0.1) is 0 Å². The van der Waals surface area contributed by atoms with Crippen LogP contribution in [0.4, 0.5) is 10.5 Å². The third-order valence-corrected chi connectivity index (χ3v) is 4.72. The van der Waals surface area contributed by atoms with Crippen LogP contribution in [0.5, 0.6) is 0 Å². The van der Waals surface area contributed by atoms with Gasteiger partial charge in [0, 0.05) is 19.8 Å². The maximum absolute atomic E-state index is 12.7. The van der Waals surface area contributed by atoms with E-state index >= 15 is 0 Å². The van der Waals surface area contributed by atoms with Gasteiger partial charge in [-0.2, -0.15) is 0 Å². The van der Waals surface area contributed by atoms with E-state index in [1.54, 1.807) is 27.9 Å². The highest BCUT2D eigenvalue weighted by Gasteiger charge is 2.28. The number of nitrogens with one attached hydrogen (secondary N) is 1. The van der Waals surface area contributed by atoms with Gasteiger partial charge in [0.05, 0.1) is 12.1 Å². The smallest absolute Gasteiger partial charge is 0.322 e. The minimum Gasteiger partial charge on any atom is -0.386 e. The number of anilines is 1. The monoisotopic (exact) mass is 369 g/mol. The second kappa shape index (κ2) is 9.19. The molecule has 0 unspecified atom stereocenters. The lowest BCUT2D eigenvalue weighted by molar-refractivity contribution is -0.135. The van der Waals surface area contributed by atoms with Gasteiger partial charge in [-0.3, -0.25) is 9.69 Å². The highest BCUT2D eigenvalue weighted by Crippen LogP contribution is 2.20. The zero-order valence-corrected chi connectivity index (χ0v) is 16.2. The molecule has 0 aliphatic carbocycles. The van der Waals surface area contributed by atoms with Crippen molar-refractivity contribution in [1.29, 1.82) is 0 Å². The highest BCUT2D eigenvalue weighted by atomic mass is 16.3. The molecular weight excluding hydrogens is 342 g/mol. The van der Waals surface area contributed by atoms with E-state index in [1.807, 2.05) is 60.7 Å². The number of amides is 3. The van der Waals surface area contributed by atoms with E-state index in [0.717, 1.165) is 11.3 Å². The molecule has 2 aromatic rings. The molecule has 27 heavy (non-hydrogen) atoms. The van der Waals surface area contributed by atoms with E-state index in [0.29, 0.717) is 0 Å². The van der Waals surface area contributed by atoms with Gasteiger partial charge in [0.15, 0.2) is 0 Å². The topological polar surface area (TPSA) is 72.9 Å². The van der Waals surface area contributed by atoms with Crippen LogP contribution in [0.1, 0.15) is 25.5 Å². The predicted octanol–water partition coefficient (Wildman–Crippen LogP) is 2.80. The van der Waals surface area contributed by atoms with Gasteiger partial charge >= 0.3 is 6.03 Å². The lowest BCUT2D eigenvalue weighted by Crippen LogP contribution is -2.52. The van der Waals surface area contributed by atoms with Gasteiger partial charge in [-0.1, -0.05) is 48.5 Å². The number of aliphatic hydroxyl groups is 1. The van der Waals surface area contributed by atoms with Crippen molar-refractivity contribution in [2.24, 2.45) is 0 Å². The average Bonchev–Trinajstić information content (AvgIpc) is 2.72. The molecule has 0 aliphatic rings. The van der Waals surface area contributed by atoms with Crippen molar-refractivity contribution in [1.82, 2.24) is 10.2 Å². The summed E-state index contributed by atoms with van der Waals surface area (Å²) in [6.07, 6.45) is -0.810. The summed E-state index contributed by atoms with van der Waals surface area (Å²) < 4.78 is 0. The molecule has 0 fully saturated rings. The van der Waals surface area contributed by atoms with Gasteiger partial charge in [0.2, 0.25) is 5.91 Å². The summed E-state index contributed by atoms with van der Waals surface area (Å²) in [5, 5.41) is 13.2. The van der Waals surface area contributed by atoms with Crippen molar-refractivity contribution < 1.29 is 14.7 Å². The molecule has 3 amide bonds. The molecule has 0 radical (unpaired) electrons. The Balaban J connectivity index is 1.98. The number of urea groups is 1. The molecule has 2 N–H and O–H groups in total. The third-order valence-electron chi connectivity index (χ3n) is 4.72. The van der Waals surface area contributed by atoms with Crippen molar-refractivity contribution in [3.8, 4) is 0 Å². The van der Waals surface area contributed by atoms with Crippen molar-refractivity contribution in [3.63, 3.8) is 0 Å². The molecule has 0 spiro atoms. The first kappa shape index (κ1) is 20.5. The molecule has 2 aromatic carbocycles. The Morgan fingerprint density at radius 2 is 1.44 bits per heavy atom. The molecule has 0 aromatic heterocycles. The minimum atomic E-state index is -0.810. The number of carbonyl (C=O) groups excluding carboxylic acids is 2. The summed E-state index contributed by atoms with van der Waals surface area (Å²) >= 11 is 0. The van der Waals surface area contributed by atoms with Crippen LogP contribution < -0.4 is 10.2 Å². The second-order valence-corrected chi connectivity index (χ2v) is 6.61. The summed E-state index contributed by atoms with van der Waals surface area (Å²) in [4.78, 5) is 28.0. The van der Waals surface area contributed by atoms with Crippen LogP contribution >= 0.6 is 0 Å². The fourth-order valence-electron chi connectivity index (χ4n) is 2.76. The summed E-state index contributed by atoms with van der Waals surface area (Å²) in [6, 6.07) is 16.8. The van der Waals surface area contributed by atoms with Crippen molar-refractivity contribution >= 4 is 17.6 Å². The number of hydrogen-bond donors (Lipinski definition) is 2. The summed E-state index contributed by atoms with van der Waals surface area (Å²) in [6.45, 7) is 3.41. The standard InChI is InChI=1S/C21H27N3O3/c1-15(22-21(27)24(4)18-13-9-6-10-14-18)20(26)23(3)16(2)19(25)17-11-7-5-8-12-17/h5-16,19,25H,1-4H3,(H,22,27)/t15-,16-,19+/m0/s1. The molecule has 6 heteroatoms. The Morgan fingerprint density at radius 3 is 2.00 bits per heavy atom. The zero-order valence-electron chi connectivity index (χ0n) is 16.2. The summed E-state index contributed by atoms with van der Waals surface area (Å²) in [5.41, 5.74) is 1.47. The van der Waals surface area contributed by atoms with Crippen molar-refractivity contribution in [2.75, 3.05) is 19.0 Å². The highest BCUT2D eigenvalue weighted by molar-refractivity contribution is 5.95. The molecule has 0 aliphatic heterocycles. The Bertz CT molecular complexity index is 752. The van der Waals surface area contributed by atoms with Crippen LogP contribution in [0.15, 0.2) is 60.7 Å². The van der Waals surface area contributed by atoms with E-state index in [9.17, 15) is 14.7 Å². The van der Waals surface area contributed by atoms with E-state index in [1.165, 1.54) is 9.80 Å². The number of nitrogens with zero attached hydrogens (tertiary/aromatic N) is 2. The second-order valence-electron chi connectivity index (χ2n) is 6.61. The molecule has 6 nitrogen and oxygen atoms in total. The Hall–Kier alpha value is -2.86. The first-order chi connectivity index (χ1) is 12.8. The average molecular weight is 369 g/mol. The molecule has 0 saturated heterocycles. The van der Waals surface area contributed by atoms with Crippen molar-refractivity contribution in [3.05, 3.63) is 66.2 Å². The van der Waals surface area contributed by atoms with E-state index in [2.05, 4.69) is 5.32 Å². The molecular formula is C21H27N3O3. The van der Waals surface area contributed by atoms with Gasteiger partial charge in [-0.05, 0) is 31.5 Å². The normalized spacial score (nSPS) is 14.0. The largest absolute Gasteiger partial charge is 0.386 e. The maximum atomic E-state index is 12.7. The molecule has 144 valence electrons. The van der Waals surface area contributed by atoms with Crippen LogP contribution in [-0.2, 0) is 4.79 Å². The number of aliphatic hydroxyl groups excluding tert-OH is 1. The SMILES string of the molecule is C[C@H](NC(=O)N(C)c1ccccc1)C(=O)N(C)[C@@H](C)[C@@H](O)c1ccccc1. The van der Waals surface area contributed by atoms with Crippen molar-refractivity contribution in [2.45, 2.75) is 32.0 Å². The number of hydrogen-bond acceptors (Lipinski definition) is 3. The predicted molar refractivity (Wildman–Crippen MR) is 106 cm³/mol. The fourth-order valence-corrected chi connectivity index (χ4v) is 2.76. The summed E-state index contributed by atoms with van der Waals surface area (Å²) in [5.74, 6) is -0.271. The van der Waals surface area contributed by atoms with Gasteiger partial charge < -0.3 is 15.3 Å². The quantitative estimate of drug-likeness (QED) is 0.822. The first-order valence-electron chi connectivity index (χ1n) is 8.92. The van der Waals surface area contributed by atoms with Gasteiger partial charge in [-0.25, -0.2) is 4.79 Å². The minimum absolute atomic E-state index is 0.271. The van der Waals surface area contributed by atoms with E-state index in [-0.39, 0.29) is 11.9 Å².